The average Bonchev–Trinajstić information content (AvgIpc) is 2.70. The van der Waals surface area contributed by atoms with Crippen molar-refractivity contribution in [3.8, 4) is 0 Å². The van der Waals surface area contributed by atoms with Gasteiger partial charge in [0.05, 0.1) is 32.0 Å². The molecular formula is C25H37NO3Si. The van der Waals surface area contributed by atoms with Crippen molar-refractivity contribution in [2.24, 2.45) is 0 Å². The summed E-state index contributed by atoms with van der Waals surface area (Å²) in [4.78, 5) is 10.6. The van der Waals surface area contributed by atoms with Crippen molar-refractivity contribution in [3.05, 3.63) is 71.8 Å². The zero-order valence-corrected chi connectivity index (χ0v) is 19.8. The SMILES string of the molecule is CC(C)(CCC1NC(COCc2ccccc2)C1OCc1ccccc1)[Si](C)(C)O. The summed E-state index contributed by atoms with van der Waals surface area (Å²) < 4.78 is 12.3. The van der Waals surface area contributed by atoms with Crippen LogP contribution in [0, 0.1) is 0 Å². The molecule has 1 aliphatic heterocycles. The van der Waals surface area contributed by atoms with Gasteiger partial charge in [-0.1, -0.05) is 74.5 Å². The Morgan fingerprint density at radius 3 is 2.03 bits per heavy atom. The second kappa shape index (κ2) is 10.2. The fourth-order valence-electron chi connectivity index (χ4n) is 3.72. The van der Waals surface area contributed by atoms with Gasteiger partial charge in [-0.3, -0.25) is 0 Å². The molecule has 3 rings (SSSR count). The maximum Gasteiger partial charge on any atom is 0.188 e. The van der Waals surface area contributed by atoms with Gasteiger partial charge in [0.2, 0.25) is 0 Å². The molecule has 0 amide bonds. The molecule has 1 saturated heterocycles. The molecule has 3 atom stereocenters. The molecule has 2 N–H and O–H groups in total. The van der Waals surface area contributed by atoms with Crippen LogP contribution in [0.4, 0.5) is 0 Å². The minimum absolute atomic E-state index is 0.0203. The van der Waals surface area contributed by atoms with Crippen molar-refractivity contribution in [3.63, 3.8) is 0 Å². The Kier molecular flexibility index (Phi) is 7.88. The normalized spacial score (nSPS) is 22.0. The summed E-state index contributed by atoms with van der Waals surface area (Å²) in [6.07, 6.45) is 2.11. The molecule has 0 aromatic heterocycles. The Hall–Kier alpha value is -1.50. The van der Waals surface area contributed by atoms with Crippen LogP contribution in [-0.4, -0.2) is 37.9 Å². The van der Waals surface area contributed by atoms with Crippen LogP contribution in [0.15, 0.2) is 60.7 Å². The van der Waals surface area contributed by atoms with E-state index in [2.05, 4.69) is 43.4 Å². The lowest BCUT2D eigenvalue weighted by Crippen LogP contribution is -2.68. The topological polar surface area (TPSA) is 50.7 Å². The van der Waals surface area contributed by atoms with Gasteiger partial charge in [-0.15, -0.1) is 0 Å². The summed E-state index contributed by atoms with van der Waals surface area (Å²) in [5.74, 6) is 0. The van der Waals surface area contributed by atoms with Crippen LogP contribution in [0.25, 0.3) is 0 Å². The van der Waals surface area contributed by atoms with Gasteiger partial charge >= 0.3 is 0 Å². The largest absolute Gasteiger partial charge is 0.432 e. The quantitative estimate of drug-likeness (QED) is 0.502. The third-order valence-corrected chi connectivity index (χ3v) is 10.2. The number of ether oxygens (including phenoxy) is 2. The van der Waals surface area contributed by atoms with E-state index in [-0.39, 0.29) is 17.2 Å². The number of benzene rings is 2. The van der Waals surface area contributed by atoms with Gasteiger partial charge in [0.1, 0.15) is 0 Å². The van der Waals surface area contributed by atoms with E-state index >= 15 is 0 Å². The van der Waals surface area contributed by atoms with Crippen molar-refractivity contribution in [2.75, 3.05) is 6.61 Å². The minimum Gasteiger partial charge on any atom is -0.432 e. The number of hydrogen-bond acceptors (Lipinski definition) is 4. The highest BCUT2D eigenvalue weighted by atomic mass is 28.4. The van der Waals surface area contributed by atoms with E-state index in [0.717, 1.165) is 12.8 Å². The molecular weight excluding hydrogens is 390 g/mol. The zero-order chi connectivity index (χ0) is 21.6. The number of rotatable bonds is 11. The van der Waals surface area contributed by atoms with Crippen LogP contribution in [0.5, 0.6) is 0 Å². The van der Waals surface area contributed by atoms with Crippen molar-refractivity contribution < 1.29 is 14.3 Å². The van der Waals surface area contributed by atoms with Gasteiger partial charge in [0.15, 0.2) is 8.32 Å². The molecule has 2 aromatic carbocycles. The first-order chi connectivity index (χ1) is 14.3. The number of nitrogens with one attached hydrogen (secondary N) is 1. The molecule has 1 heterocycles. The molecule has 1 fully saturated rings. The molecule has 0 bridgehead atoms. The Balaban J connectivity index is 1.54. The predicted octanol–water partition coefficient (Wildman–Crippen LogP) is 4.89. The smallest absolute Gasteiger partial charge is 0.188 e. The average molecular weight is 428 g/mol. The summed E-state index contributed by atoms with van der Waals surface area (Å²) in [6, 6.07) is 21.1. The van der Waals surface area contributed by atoms with Crippen LogP contribution in [0.3, 0.4) is 0 Å². The highest BCUT2D eigenvalue weighted by Crippen LogP contribution is 2.41. The van der Waals surface area contributed by atoms with Crippen molar-refractivity contribution in [1.82, 2.24) is 5.32 Å². The standard InChI is InChI=1S/C25H37NO3Si/c1-25(2,30(3,4)27)16-15-22-24(29-18-21-13-9-6-10-14-21)23(26-22)19-28-17-20-11-7-5-8-12-20/h5-14,22-24,26-27H,15-19H2,1-4H3. The fourth-order valence-corrected chi connectivity index (χ4v) is 4.47. The molecule has 4 nitrogen and oxygen atoms in total. The van der Waals surface area contributed by atoms with E-state index in [1.54, 1.807) is 0 Å². The molecule has 0 aliphatic carbocycles. The Morgan fingerprint density at radius 2 is 1.47 bits per heavy atom. The Labute approximate surface area is 182 Å². The van der Waals surface area contributed by atoms with Crippen LogP contribution < -0.4 is 5.32 Å². The van der Waals surface area contributed by atoms with Gasteiger partial charge in [-0.25, -0.2) is 0 Å². The first-order valence-electron chi connectivity index (χ1n) is 11.0. The molecule has 164 valence electrons. The molecule has 5 heteroatoms. The van der Waals surface area contributed by atoms with Crippen molar-refractivity contribution >= 4 is 8.32 Å². The minimum atomic E-state index is -2.20. The van der Waals surface area contributed by atoms with E-state index < -0.39 is 8.32 Å². The summed E-state index contributed by atoms with van der Waals surface area (Å²) in [5.41, 5.74) is 2.38. The molecule has 0 saturated carbocycles. The molecule has 2 aromatic rings. The Bertz CT molecular complexity index is 761. The van der Waals surface area contributed by atoms with Crippen molar-refractivity contribution in [2.45, 2.75) is 76.2 Å². The molecule has 3 unspecified atom stereocenters. The van der Waals surface area contributed by atoms with Gasteiger partial charge in [-0.2, -0.15) is 0 Å². The molecule has 30 heavy (non-hydrogen) atoms. The van der Waals surface area contributed by atoms with Crippen LogP contribution in [-0.2, 0) is 22.7 Å². The van der Waals surface area contributed by atoms with Crippen LogP contribution >= 0.6 is 0 Å². The van der Waals surface area contributed by atoms with Crippen molar-refractivity contribution in [1.29, 1.82) is 0 Å². The van der Waals surface area contributed by atoms with Crippen LogP contribution in [0.1, 0.15) is 37.8 Å². The Morgan fingerprint density at radius 1 is 0.900 bits per heavy atom. The molecule has 1 aliphatic rings. The molecule has 0 radical (unpaired) electrons. The second-order valence-corrected chi connectivity index (χ2v) is 14.1. The lowest BCUT2D eigenvalue weighted by Gasteiger charge is -2.47. The third kappa shape index (κ3) is 6.25. The summed E-state index contributed by atoms with van der Waals surface area (Å²) >= 11 is 0. The predicted molar refractivity (Wildman–Crippen MR) is 125 cm³/mol. The first-order valence-corrected chi connectivity index (χ1v) is 14.0. The highest BCUT2D eigenvalue weighted by molar-refractivity contribution is 6.72. The van der Waals surface area contributed by atoms with Gasteiger partial charge in [0, 0.05) is 6.04 Å². The first kappa shape index (κ1) is 23.2. The van der Waals surface area contributed by atoms with E-state index in [4.69, 9.17) is 9.47 Å². The van der Waals surface area contributed by atoms with E-state index in [1.165, 1.54) is 11.1 Å². The van der Waals surface area contributed by atoms with E-state index in [9.17, 15) is 4.80 Å². The molecule has 0 spiro atoms. The fraction of sp³-hybridized carbons (Fsp3) is 0.520. The van der Waals surface area contributed by atoms with E-state index in [1.807, 2.05) is 49.5 Å². The maximum absolute atomic E-state index is 10.6. The monoisotopic (exact) mass is 427 g/mol. The maximum atomic E-state index is 10.6. The highest BCUT2D eigenvalue weighted by Gasteiger charge is 2.44. The summed E-state index contributed by atoms with van der Waals surface area (Å²) in [5, 5.41) is 3.64. The van der Waals surface area contributed by atoms with Gasteiger partial charge in [0.25, 0.3) is 0 Å². The van der Waals surface area contributed by atoms with E-state index in [0.29, 0.717) is 25.9 Å². The summed E-state index contributed by atoms with van der Waals surface area (Å²) in [7, 11) is -2.20. The number of hydrogen-bond donors (Lipinski definition) is 2. The second-order valence-electron chi connectivity index (χ2n) is 9.62. The summed E-state index contributed by atoms with van der Waals surface area (Å²) in [6.45, 7) is 10.3. The van der Waals surface area contributed by atoms with Crippen LogP contribution in [0.2, 0.25) is 18.1 Å². The third-order valence-electron chi connectivity index (χ3n) is 6.65. The lowest BCUT2D eigenvalue weighted by atomic mass is 9.87. The van der Waals surface area contributed by atoms with Gasteiger partial charge < -0.3 is 19.6 Å². The zero-order valence-electron chi connectivity index (χ0n) is 18.8. The van der Waals surface area contributed by atoms with Gasteiger partial charge in [-0.05, 0) is 42.1 Å². The lowest BCUT2D eigenvalue weighted by molar-refractivity contribution is -0.0918.